The SMILES string of the molecule is C1=CC2c3c(cccc3-c3cccc(N(c4ccc(-c5ccc6c(c5)oc5ccccc56)cc4)c4ccccc4-c4ccccc4)c3)OC2c2ccccc21. The van der Waals surface area contributed by atoms with Crippen LogP contribution < -0.4 is 9.64 Å². The van der Waals surface area contributed by atoms with Crippen LogP contribution in [0.1, 0.15) is 28.7 Å². The first kappa shape index (κ1) is 31.4. The van der Waals surface area contributed by atoms with Gasteiger partial charge in [0, 0.05) is 44.8 Å². The molecule has 0 N–H and O–H groups in total. The Bertz CT molecular complexity index is 2920. The van der Waals surface area contributed by atoms with Crippen LogP contribution in [0.15, 0.2) is 199 Å². The van der Waals surface area contributed by atoms with Gasteiger partial charge in [0.2, 0.25) is 0 Å². The zero-order valence-corrected chi connectivity index (χ0v) is 30.0. The van der Waals surface area contributed by atoms with Crippen LogP contribution in [0.3, 0.4) is 0 Å². The third-order valence-electron chi connectivity index (χ3n) is 11.2. The summed E-state index contributed by atoms with van der Waals surface area (Å²) in [6, 6.07) is 67.0. The average Bonchev–Trinajstić information content (AvgIpc) is 3.83. The van der Waals surface area contributed by atoms with E-state index in [0.717, 1.165) is 67.0 Å². The molecule has 3 nitrogen and oxygen atoms in total. The van der Waals surface area contributed by atoms with Crippen molar-refractivity contribution in [1.82, 2.24) is 0 Å². The highest BCUT2D eigenvalue weighted by molar-refractivity contribution is 6.06. The van der Waals surface area contributed by atoms with E-state index in [1.54, 1.807) is 0 Å². The Hall–Kier alpha value is -7.10. The molecule has 260 valence electrons. The monoisotopic (exact) mass is 705 g/mol. The van der Waals surface area contributed by atoms with E-state index in [0.29, 0.717) is 0 Å². The number of hydrogen-bond donors (Lipinski definition) is 0. The van der Waals surface area contributed by atoms with Crippen molar-refractivity contribution >= 4 is 45.1 Å². The van der Waals surface area contributed by atoms with E-state index in [1.165, 1.54) is 27.8 Å². The quantitative estimate of drug-likeness (QED) is 0.172. The van der Waals surface area contributed by atoms with E-state index in [-0.39, 0.29) is 12.0 Å². The molecule has 0 amide bonds. The van der Waals surface area contributed by atoms with Crippen molar-refractivity contribution in [1.29, 1.82) is 0 Å². The molecule has 9 aromatic rings. The lowest BCUT2D eigenvalue weighted by molar-refractivity contribution is 0.223. The lowest BCUT2D eigenvalue weighted by Gasteiger charge is -2.28. The molecule has 8 aromatic carbocycles. The summed E-state index contributed by atoms with van der Waals surface area (Å²) in [4.78, 5) is 2.39. The summed E-state index contributed by atoms with van der Waals surface area (Å²) in [5.41, 5.74) is 15.7. The molecule has 1 aliphatic carbocycles. The zero-order chi connectivity index (χ0) is 36.3. The number of ether oxygens (including phenoxy) is 1. The van der Waals surface area contributed by atoms with Crippen LogP contribution in [-0.4, -0.2) is 0 Å². The first-order chi connectivity index (χ1) is 27.3. The Morgan fingerprint density at radius 3 is 2.11 bits per heavy atom. The second kappa shape index (κ2) is 12.8. The summed E-state index contributed by atoms with van der Waals surface area (Å²) >= 11 is 0. The van der Waals surface area contributed by atoms with Gasteiger partial charge in [-0.05, 0) is 88.0 Å². The van der Waals surface area contributed by atoms with Gasteiger partial charge < -0.3 is 14.1 Å². The molecule has 0 bridgehead atoms. The highest BCUT2D eigenvalue weighted by Gasteiger charge is 2.38. The van der Waals surface area contributed by atoms with Crippen molar-refractivity contribution in [2.24, 2.45) is 0 Å². The molecule has 55 heavy (non-hydrogen) atoms. The van der Waals surface area contributed by atoms with E-state index in [1.807, 2.05) is 12.1 Å². The Morgan fingerprint density at radius 1 is 0.455 bits per heavy atom. The van der Waals surface area contributed by atoms with Gasteiger partial charge in [0.1, 0.15) is 23.0 Å². The number of para-hydroxylation sites is 2. The van der Waals surface area contributed by atoms with Crippen LogP contribution >= 0.6 is 0 Å². The van der Waals surface area contributed by atoms with Crippen molar-refractivity contribution < 1.29 is 9.15 Å². The zero-order valence-electron chi connectivity index (χ0n) is 30.0. The van der Waals surface area contributed by atoms with Crippen LogP contribution in [0.4, 0.5) is 17.1 Å². The smallest absolute Gasteiger partial charge is 0.136 e. The van der Waals surface area contributed by atoms with Crippen LogP contribution in [0, 0.1) is 0 Å². The number of benzene rings is 8. The van der Waals surface area contributed by atoms with Crippen molar-refractivity contribution in [2.75, 3.05) is 4.90 Å². The van der Waals surface area contributed by atoms with Crippen molar-refractivity contribution in [3.8, 4) is 39.1 Å². The van der Waals surface area contributed by atoms with Gasteiger partial charge in [0.05, 0.1) is 5.69 Å². The average molecular weight is 706 g/mol. The summed E-state index contributed by atoms with van der Waals surface area (Å²) in [7, 11) is 0. The van der Waals surface area contributed by atoms with Gasteiger partial charge in [-0.3, -0.25) is 0 Å². The van der Waals surface area contributed by atoms with Gasteiger partial charge in [-0.25, -0.2) is 0 Å². The summed E-state index contributed by atoms with van der Waals surface area (Å²) in [5.74, 6) is 1.10. The molecule has 2 unspecified atom stereocenters. The van der Waals surface area contributed by atoms with Crippen LogP contribution in [-0.2, 0) is 0 Å². The van der Waals surface area contributed by atoms with Gasteiger partial charge >= 0.3 is 0 Å². The van der Waals surface area contributed by atoms with Gasteiger partial charge in [-0.1, -0.05) is 146 Å². The maximum absolute atomic E-state index is 6.70. The number of fused-ring (bicyclic) bond motifs is 8. The maximum Gasteiger partial charge on any atom is 0.136 e. The fraction of sp³-hybridized carbons (Fsp3) is 0.0385. The Kier molecular flexibility index (Phi) is 7.31. The molecule has 2 atom stereocenters. The van der Waals surface area contributed by atoms with Gasteiger partial charge in [-0.2, -0.15) is 0 Å². The minimum atomic E-state index is -0.0270. The predicted octanol–water partition coefficient (Wildman–Crippen LogP) is 14.3. The minimum absolute atomic E-state index is 0.0270. The number of rotatable bonds is 6. The first-order valence-electron chi connectivity index (χ1n) is 18.9. The summed E-state index contributed by atoms with van der Waals surface area (Å²) < 4.78 is 12.9. The second-order valence-electron chi connectivity index (χ2n) is 14.4. The third-order valence-corrected chi connectivity index (χ3v) is 11.2. The molecule has 11 rings (SSSR count). The molecule has 0 radical (unpaired) electrons. The van der Waals surface area contributed by atoms with Crippen LogP contribution in [0.25, 0.3) is 61.4 Å². The first-order valence-corrected chi connectivity index (χ1v) is 18.9. The standard InChI is InChI=1S/C52H35NO2/c1-2-12-35(13-3-1)41-17-6-8-21-47(41)53(39-28-24-34(25-29-39)37-27-30-45-44-19-7-9-22-48(44)54-50(45)33-37)40-16-10-15-38(32-40)42-20-11-23-49-51(42)46-31-26-36-14-4-5-18-43(36)52(46)55-49/h1-33,46,52H. The molecular formula is C52H35NO2. The predicted molar refractivity (Wildman–Crippen MR) is 226 cm³/mol. The van der Waals surface area contributed by atoms with Crippen molar-refractivity contribution in [2.45, 2.75) is 12.0 Å². The van der Waals surface area contributed by atoms with Gasteiger partial charge in [-0.15, -0.1) is 0 Å². The highest BCUT2D eigenvalue weighted by atomic mass is 16.5. The van der Waals surface area contributed by atoms with E-state index < -0.39 is 0 Å². The largest absolute Gasteiger partial charge is 0.484 e. The third kappa shape index (κ3) is 5.27. The summed E-state index contributed by atoms with van der Waals surface area (Å²) in [5, 5.41) is 2.28. The molecule has 1 aliphatic heterocycles. The van der Waals surface area contributed by atoms with Gasteiger partial charge in [0.25, 0.3) is 0 Å². The van der Waals surface area contributed by atoms with Crippen LogP contribution in [0.2, 0.25) is 0 Å². The molecule has 2 aliphatic rings. The minimum Gasteiger partial charge on any atom is -0.484 e. The lowest BCUT2D eigenvalue weighted by atomic mass is 9.81. The molecule has 0 spiro atoms. The van der Waals surface area contributed by atoms with Crippen LogP contribution in [0.5, 0.6) is 5.75 Å². The van der Waals surface area contributed by atoms with Crippen molar-refractivity contribution in [3.63, 3.8) is 0 Å². The fourth-order valence-corrected chi connectivity index (χ4v) is 8.67. The number of anilines is 3. The highest BCUT2D eigenvalue weighted by Crippen LogP contribution is 2.53. The molecule has 0 saturated heterocycles. The lowest BCUT2D eigenvalue weighted by Crippen LogP contribution is -2.13. The Morgan fingerprint density at radius 2 is 1.18 bits per heavy atom. The fourth-order valence-electron chi connectivity index (χ4n) is 8.67. The maximum atomic E-state index is 6.70. The van der Waals surface area contributed by atoms with E-state index in [9.17, 15) is 0 Å². The molecule has 1 aromatic heterocycles. The molecule has 0 fully saturated rings. The number of nitrogens with zero attached hydrogens (tertiary/aromatic N) is 1. The van der Waals surface area contributed by atoms with E-state index in [2.05, 4.69) is 193 Å². The summed E-state index contributed by atoms with van der Waals surface area (Å²) in [6.45, 7) is 0. The van der Waals surface area contributed by atoms with Gasteiger partial charge in [0.15, 0.2) is 0 Å². The molecule has 2 heterocycles. The molecule has 3 heteroatoms. The molecular weight excluding hydrogens is 671 g/mol. The second-order valence-corrected chi connectivity index (χ2v) is 14.4. The number of hydrogen-bond acceptors (Lipinski definition) is 3. The normalized spacial score (nSPS) is 15.3. The Labute approximate surface area is 320 Å². The summed E-state index contributed by atoms with van der Waals surface area (Å²) in [6.07, 6.45) is 4.55. The van der Waals surface area contributed by atoms with Crippen molar-refractivity contribution in [3.05, 3.63) is 211 Å². The number of furan rings is 1. The van der Waals surface area contributed by atoms with E-state index in [4.69, 9.17) is 9.15 Å². The van der Waals surface area contributed by atoms with E-state index >= 15 is 0 Å². The molecule has 0 saturated carbocycles. The Balaban J connectivity index is 1.02. The topological polar surface area (TPSA) is 25.6 Å².